The number of nitrogens with one attached hydrogen (secondary N) is 1. The Morgan fingerprint density at radius 2 is 1.72 bits per heavy atom. The molecule has 1 N–H and O–H groups in total. The molecule has 2 aromatic rings. The van der Waals surface area contributed by atoms with Crippen molar-refractivity contribution in [2.75, 3.05) is 13.2 Å². The first-order chi connectivity index (χ1) is 15.5. The maximum atomic E-state index is 12.2. The van der Waals surface area contributed by atoms with Gasteiger partial charge in [-0.1, -0.05) is 55.8 Å². The molecule has 0 fully saturated rings. The van der Waals surface area contributed by atoms with Crippen LogP contribution in [0.4, 0.5) is 0 Å². The Labute approximate surface area is 193 Å². The van der Waals surface area contributed by atoms with Gasteiger partial charge in [0.1, 0.15) is 5.75 Å². The van der Waals surface area contributed by atoms with E-state index < -0.39 is 0 Å². The fraction of sp³-hybridized carbons (Fsp3) is 0.429. The van der Waals surface area contributed by atoms with Crippen molar-refractivity contribution in [1.82, 2.24) is 5.32 Å². The molecule has 0 radical (unpaired) electrons. The number of hydrogen-bond acceptors (Lipinski definition) is 3. The Morgan fingerprint density at radius 1 is 1.00 bits per heavy atom. The van der Waals surface area contributed by atoms with Crippen molar-refractivity contribution in [2.24, 2.45) is 0 Å². The van der Waals surface area contributed by atoms with Gasteiger partial charge in [-0.3, -0.25) is 9.59 Å². The molecule has 2 aromatic carbocycles. The van der Waals surface area contributed by atoms with Crippen LogP contribution in [0.2, 0.25) is 0 Å². The van der Waals surface area contributed by atoms with Gasteiger partial charge in [0.15, 0.2) is 5.78 Å². The first kappa shape index (κ1) is 25.4. The number of benzene rings is 2. The molecular formula is C28H37NO3. The number of unbranched alkanes of at least 4 members (excludes halogenated alkanes) is 2. The van der Waals surface area contributed by atoms with E-state index in [4.69, 9.17) is 4.74 Å². The number of hydrogen-bond donors (Lipinski definition) is 1. The van der Waals surface area contributed by atoms with Gasteiger partial charge in [-0.2, -0.15) is 0 Å². The van der Waals surface area contributed by atoms with E-state index in [1.54, 1.807) is 0 Å². The lowest BCUT2D eigenvalue weighted by molar-refractivity contribution is -0.121. The SMILES string of the molecule is C=CCCOc1ccc(CCNC(=O)CCCCCC(=O)c2ccc(CC)cc2)cc1C. The third kappa shape index (κ3) is 9.09. The second kappa shape index (κ2) is 14.2. The maximum Gasteiger partial charge on any atom is 0.220 e. The maximum absolute atomic E-state index is 12.2. The predicted molar refractivity (Wildman–Crippen MR) is 131 cm³/mol. The molecule has 0 aliphatic carbocycles. The second-order valence-corrected chi connectivity index (χ2v) is 8.16. The minimum Gasteiger partial charge on any atom is -0.493 e. The number of carbonyl (C=O) groups excluding carboxylic acids is 2. The smallest absolute Gasteiger partial charge is 0.220 e. The van der Waals surface area contributed by atoms with Crippen molar-refractivity contribution in [3.63, 3.8) is 0 Å². The summed E-state index contributed by atoms with van der Waals surface area (Å²) in [6.45, 7) is 9.11. The average Bonchev–Trinajstić information content (AvgIpc) is 2.80. The summed E-state index contributed by atoms with van der Waals surface area (Å²) in [7, 11) is 0. The lowest BCUT2D eigenvalue weighted by Gasteiger charge is -2.10. The van der Waals surface area contributed by atoms with E-state index in [0.717, 1.165) is 55.4 Å². The van der Waals surface area contributed by atoms with Crippen LogP contribution in [0, 0.1) is 6.92 Å². The monoisotopic (exact) mass is 435 g/mol. The molecular weight excluding hydrogens is 398 g/mol. The highest BCUT2D eigenvalue weighted by Crippen LogP contribution is 2.19. The minimum atomic E-state index is 0.0765. The highest BCUT2D eigenvalue weighted by Gasteiger charge is 2.07. The van der Waals surface area contributed by atoms with Crippen molar-refractivity contribution in [2.45, 2.75) is 65.2 Å². The number of ketones is 1. The van der Waals surface area contributed by atoms with Crippen LogP contribution in [-0.2, 0) is 17.6 Å². The molecule has 4 heteroatoms. The zero-order valence-electron chi connectivity index (χ0n) is 19.6. The van der Waals surface area contributed by atoms with Crippen molar-refractivity contribution < 1.29 is 14.3 Å². The quantitative estimate of drug-likeness (QED) is 0.212. The lowest BCUT2D eigenvalue weighted by Crippen LogP contribution is -2.25. The number of Topliss-reactive ketones (excluding diaryl/α,β-unsaturated/α-hetero) is 1. The molecule has 0 aromatic heterocycles. The molecule has 32 heavy (non-hydrogen) atoms. The Balaban J connectivity index is 1.58. The molecule has 0 unspecified atom stereocenters. The molecule has 0 saturated carbocycles. The highest BCUT2D eigenvalue weighted by atomic mass is 16.5. The molecule has 0 aliphatic heterocycles. The number of aryl methyl sites for hydroxylation is 2. The van der Waals surface area contributed by atoms with Gasteiger partial charge < -0.3 is 10.1 Å². The van der Waals surface area contributed by atoms with Gasteiger partial charge in [0.2, 0.25) is 5.91 Å². The van der Waals surface area contributed by atoms with Crippen molar-refractivity contribution in [1.29, 1.82) is 0 Å². The second-order valence-electron chi connectivity index (χ2n) is 8.16. The average molecular weight is 436 g/mol. The largest absolute Gasteiger partial charge is 0.493 e. The van der Waals surface area contributed by atoms with Crippen LogP contribution < -0.4 is 10.1 Å². The van der Waals surface area contributed by atoms with E-state index >= 15 is 0 Å². The van der Waals surface area contributed by atoms with Gasteiger partial charge >= 0.3 is 0 Å². The van der Waals surface area contributed by atoms with Crippen LogP contribution in [0.3, 0.4) is 0 Å². The summed E-state index contributed by atoms with van der Waals surface area (Å²) >= 11 is 0. The summed E-state index contributed by atoms with van der Waals surface area (Å²) in [6.07, 6.45) is 8.02. The van der Waals surface area contributed by atoms with Crippen LogP contribution in [0.5, 0.6) is 5.75 Å². The first-order valence-corrected chi connectivity index (χ1v) is 11.8. The zero-order valence-corrected chi connectivity index (χ0v) is 19.6. The van der Waals surface area contributed by atoms with Crippen LogP contribution in [-0.4, -0.2) is 24.8 Å². The Hall–Kier alpha value is -2.88. The molecule has 0 spiro atoms. The molecule has 0 atom stereocenters. The van der Waals surface area contributed by atoms with E-state index in [1.807, 2.05) is 43.3 Å². The van der Waals surface area contributed by atoms with Gasteiger partial charge in [0.05, 0.1) is 6.61 Å². The molecule has 0 bridgehead atoms. The third-order valence-corrected chi connectivity index (χ3v) is 5.55. The minimum absolute atomic E-state index is 0.0765. The van der Waals surface area contributed by atoms with Crippen LogP contribution in [0.15, 0.2) is 55.1 Å². The number of ether oxygens (including phenoxy) is 1. The number of rotatable bonds is 15. The number of carbonyl (C=O) groups is 2. The first-order valence-electron chi connectivity index (χ1n) is 11.8. The van der Waals surface area contributed by atoms with Crippen LogP contribution >= 0.6 is 0 Å². The summed E-state index contributed by atoms with van der Waals surface area (Å²) in [6, 6.07) is 14.0. The summed E-state index contributed by atoms with van der Waals surface area (Å²) in [5.41, 5.74) is 4.32. The molecule has 0 heterocycles. The van der Waals surface area contributed by atoms with Crippen LogP contribution in [0.25, 0.3) is 0 Å². The summed E-state index contributed by atoms with van der Waals surface area (Å²) < 4.78 is 5.73. The number of amides is 1. The molecule has 0 saturated heterocycles. The van der Waals surface area contributed by atoms with Crippen molar-refractivity contribution >= 4 is 11.7 Å². The molecule has 2 rings (SSSR count). The van der Waals surface area contributed by atoms with E-state index in [0.29, 0.717) is 26.0 Å². The van der Waals surface area contributed by atoms with E-state index in [2.05, 4.69) is 31.0 Å². The van der Waals surface area contributed by atoms with Gasteiger partial charge in [-0.25, -0.2) is 0 Å². The lowest BCUT2D eigenvalue weighted by atomic mass is 10.0. The molecule has 172 valence electrons. The standard InChI is InChI=1S/C28H37NO3/c1-4-6-20-32-27-17-14-24(21-22(27)3)18-19-29-28(31)11-9-7-8-10-26(30)25-15-12-23(5-2)13-16-25/h4,12-17,21H,1,5-11,18-20H2,2-3H3,(H,29,31). The molecule has 0 aliphatic rings. The van der Waals surface area contributed by atoms with Crippen molar-refractivity contribution in [3.8, 4) is 5.75 Å². The summed E-state index contributed by atoms with van der Waals surface area (Å²) in [5, 5.41) is 3.00. The third-order valence-electron chi connectivity index (χ3n) is 5.55. The normalized spacial score (nSPS) is 10.6. The van der Waals surface area contributed by atoms with Gasteiger partial charge in [0.25, 0.3) is 0 Å². The highest BCUT2D eigenvalue weighted by molar-refractivity contribution is 5.96. The summed E-state index contributed by atoms with van der Waals surface area (Å²) in [4.78, 5) is 24.3. The Morgan fingerprint density at radius 3 is 2.41 bits per heavy atom. The summed E-state index contributed by atoms with van der Waals surface area (Å²) in [5.74, 6) is 1.16. The zero-order chi connectivity index (χ0) is 23.2. The predicted octanol–water partition coefficient (Wildman–Crippen LogP) is 6.00. The topological polar surface area (TPSA) is 55.4 Å². The molecule has 1 amide bonds. The van der Waals surface area contributed by atoms with E-state index in [-0.39, 0.29) is 11.7 Å². The van der Waals surface area contributed by atoms with Crippen molar-refractivity contribution in [3.05, 3.63) is 77.4 Å². The Bertz CT molecular complexity index is 871. The fourth-order valence-electron chi connectivity index (χ4n) is 3.53. The van der Waals surface area contributed by atoms with E-state index in [9.17, 15) is 9.59 Å². The molecule has 4 nitrogen and oxygen atoms in total. The van der Waals surface area contributed by atoms with Crippen LogP contribution in [0.1, 0.15) is 72.5 Å². The van der Waals surface area contributed by atoms with Gasteiger partial charge in [0, 0.05) is 24.9 Å². The van der Waals surface area contributed by atoms with Gasteiger partial charge in [-0.15, -0.1) is 6.58 Å². The van der Waals surface area contributed by atoms with E-state index in [1.165, 1.54) is 11.1 Å². The fourth-order valence-corrected chi connectivity index (χ4v) is 3.53. The van der Waals surface area contributed by atoms with Gasteiger partial charge in [-0.05, 0) is 61.8 Å². The Kier molecular flexibility index (Phi) is 11.3.